The van der Waals surface area contributed by atoms with E-state index < -0.39 is 21.8 Å². The summed E-state index contributed by atoms with van der Waals surface area (Å²) >= 11 is 0. The highest BCUT2D eigenvalue weighted by molar-refractivity contribution is 7.89. The molecule has 0 radical (unpaired) electrons. The van der Waals surface area contributed by atoms with Gasteiger partial charge in [-0.05, 0) is 5.56 Å². The predicted molar refractivity (Wildman–Crippen MR) is 58.8 cm³/mol. The average molecular weight is 240 g/mol. The van der Waals surface area contributed by atoms with Gasteiger partial charge in [0.25, 0.3) is 0 Å². The van der Waals surface area contributed by atoms with Gasteiger partial charge in [0.1, 0.15) is 0 Å². The van der Waals surface area contributed by atoms with Crippen molar-refractivity contribution >= 4 is 10.0 Å². The van der Waals surface area contributed by atoms with Gasteiger partial charge in [-0.15, -0.1) is 0 Å². The molecule has 0 fully saturated rings. The molecule has 5 nitrogen and oxygen atoms in total. The van der Waals surface area contributed by atoms with E-state index in [4.69, 9.17) is 10.4 Å². The number of sulfonamides is 1. The first kappa shape index (κ1) is 12.6. The molecule has 2 N–H and O–H groups in total. The first-order chi connectivity index (χ1) is 7.59. The maximum atomic E-state index is 11.3. The van der Waals surface area contributed by atoms with Crippen molar-refractivity contribution in [1.29, 1.82) is 5.26 Å². The zero-order valence-corrected chi connectivity index (χ0v) is 9.31. The number of aliphatic hydroxyl groups excluding tert-OH is 1. The van der Waals surface area contributed by atoms with Gasteiger partial charge in [-0.25, -0.2) is 13.1 Å². The van der Waals surface area contributed by atoms with Crippen LogP contribution in [0.3, 0.4) is 0 Å². The number of rotatable bonds is 5. The van der Waals surface area contributed by atoms with Crippen LogP contribution in [0.2, 0.25) is 0 Å². The molecular formula is C10H12N2O3S. The van der Waals surface area contributed by atoms with Crippen LogP contribution in [0.1, 0.15) is 11.6 Å². The summed E-state index contributed by atoms with van der Waals surface area (Å²) in [6.45, 7) is -0.353. The van der Waals surface area contributed by atoms with Crippen LogP contribution in [0.5, 0.6) is 0 Å². The zero-order valence-electron chi connectivity index (χ0n) is 8.50. The zero-order chi connectivity index (χ0) is 12.0. The number of hydrogen-bond acceptors (Lipinski definition) is 4. The van der Waals surface area contributed by atoms with E-state index in [9.17, 15) is 8.42 Å². The third-order valence-corrected chi connectivity index (χ3v) is 3.11. The lowest BCUT2D eigenvalue weighted by Gasteiger charge is -2.15. The van der Waals surface area contributed by atoms with E-state index >= 15 is 0 Å². The molecule has 0 saturated heterocycles. The van der Waals surface area contributed by atoms with E-state index in [-0.39, 0.29) is 6.61 Å². The van der Waals surface area contributed by atoms with Crippen molar-refractivity contribution in [3.63, 3.8) is 0 Å². The van der Waals surface area contributed by atoms with Crippen molar-refractivity contribution in [2.24, 2.45) is 0 Å². The third-order valence-electron chi connectivity index (χ3n) is 1.96. The standard InChI is InChI=1S/C10H12N2O3S/c11-6-7-16(14,15)12-10(8-13)9-4-2-1-3-5-9/h1-5,10,12-13H,7-8H2. The minimum Gasteiger partial charge on any atom is -0.394 e. The Balaban J connectivity index is 2.83. The van der Waals surface area contributed by atoms with Crippen LogP contribution in [-0.4, -0.2) is 25.9 Å². The Morgan fingerprint density at radius 1 is 1.38 bits per heavy atom. The number of benzene rings is 1. The fourth-order valence-electron chi connectivity index (χ4n) is 1.24. The van der Waals surface area contributed by atoms with E-state index in [1.807, 2.05) is 0 Å². The Morgan fingerprint density at radius 3 is 2.50 bits per heavy atom. The second-order valence-corrected chi connectivity index (χ2v) is 4.93. The molecule has 0 heterocycles. The first-order valence-corrected chi connectivity index (χ1v) is 6.27. The van der Waals surface area contributed by atoms with E-state index in [1.54, 1.807) is 36.4 Å². The van der Waals surface area contributed by atoms with Gasteiger partial charge in [0.05, 0.1) is 18.7 Å². The van der Waals surface area contributed by atoms with Crippen molar-refractivity contribution in [2.45, 2.75) is 6.04 Å². The molecule has 0 aliphatic rings. The van der Waals surface area contributed by atoms with Crippen LogP contribution in [0.25, 0.3) is 0 Å². The van der Waals surface area contributed by atoms with E-state index in [0.29, 0.717) is 5.56 Å². The van der Waals surface area contributed by atoms with Crippen molar-refractivity contribution < 1.29 is 13.5 Å². The smallest absolute Gasteiger partial charge is 0.225 e. The summed E-state index contributed by atoms with van der Waals surface area (Å²) in [6, 6.07) is 9.54. The van der Waals surface area contributed by atoms with E-state index in [1.165, 1.54) is 0 Å². The highest BCUT2D eigenvalue weighted by Crippen LogP contribution is 2.12. The normalized spacial score (nSPS) is 13.0. The largest absolute Gasteiger partial charge is 0.394 e. The molecule has 0 spiro atoms. The van der Waals surface area contributed by atoms with Crippen LogP contribution in [0.4, 0.5) is 0 Å². The SMILES string of the molecule is N#CCS(=O)(=O)NC(CO)c1ccccc1. The quantitative estimate of drug-likeness (QED) is 0.767. The highest BCUT2D eigenvalue weighted by atomic mass is 32.2. The summed E-state index contributed by atoms with van der Waals surface area (Å²) < 4.78 is 24.9. The van der Waals surface area contributed by atoms with Gasteiger partial charge in [-0.3, -0.25) is 0 Å². The van der Waals surface area contributed by atoms with Gasteiger partial charge in [0, 0.05) is 0 Å². The lowest BCUT2D eigenvalue weighted by Crippen LogP contribution is -2.32. The Hall–Kier alpha value is -1.42. The molecule has 1 unspecified atom stereocenters. The molecule has 1 atom stereocenters. The molecule has 1 aromatic rings. The maximum absolute atomic E-state index is 11.3. The summed E-state index contributed by atoms with van der Waals surface area (Å²) in [5.74, 6) is -0.615. The molecule has 86 valence electrons. The van der Waals surface area contributed by atoms with Crippen molar-refractivity contribution in [3.05, 3.63) is 35.9 Å². The Kier molecular flexibility index (Phi) is 4.43. The summed E-state index contributed by atoms with van der Waals surface area (Å²) in [6.07, 6.45) is 0. The number of nitrogens with one attached hydrogen (secondary N) is 1. The van der Waals surface area contributed by atoms with Gasteiger partial charge in [0.2, 0.25) is 10.0 Å². The van der Waals surface area contributed by atoms with E-state index in [2.05, 4.69) is 4.72 Å². The number of hydrogen-bond donors (Lipinski definition) is 2. The Bertz CT molecular complexity index is 465. The molecule has 16 heavy (non-hydrogen) atoms. The molecule has 0 aromatic heterocycles. The number of aliphatic hydroxyl groups is 1. The molecule has 0 bridgehead atoms. The van der Waals surface area contributed by atoms with Crippen molar-refractivity contribution in [2.75, 3.05) is 12.4 Å². The second kappa shape index (κ2) is 5.61. The van der Waals surface area contributed by atoms with Gasteiger partial charge < -0.3 is 5.11 Å². The van der Waals surface area contributed by atoms with Gasteiger partial charge in [0.15, 0.2) is 5.75 Å². The van der Waals surface area contributed by atoms with Crippen LogP contribution < -0.4 is 4.72 Å². The third kappa shape index (κ3) is 3.62. The summed E-state index contributed by atoms with van der Waals surface area (Å²) in [5.41, 5.74) is 0.659. The van der Waals surface area contributed by atoms with Crippen molar-refractivity contribution in [3.8, 4) is 6.07 Å². The molecule has 0 aliphatic heterocycles. The summed E-state index contributed by atoms with van der Waals surface area (Å²) in [7, 11) is -3.66. The lowest BCUT2D eigenvalue weighted by atomic mass is 10.1. The first-order valence-electron chi connectivity index (χ1n) is 4.62. The van der Waals surface area contributed by atoms with Gasteiger partial charge in [-0.2, -0.15) is 5.26 Å². The fourth-order valence-corrected chi connectivity index (χ4v) is 2.14. The Labute approximate surface area is 94.4 Å². The minimum absolute atomic E-state index is 0.353. The summed E-state index contributed by atoms with van der Waals surface area (Å²) in [4.78, 5) is 0. The molecule has 1 aromatic carbocycles. The number of nitrogens with zero attached hydrogens (tertiary/aromatic N) is 1. The van der Waals surface area contributed by atoms with Crippen LogP contribution in [-0.2, 0) is 10.0 Å². The van der Waals surface area contributed by atoms with Crippen LogP contribution in [0.15, 0.2) is 30.3 Å². The van der Waals surface area contributed by atoms with Crippen LogP contribution in [0, 0.1) is 11.3 Å². The molecule has 0 aliphatic carbocycles. The lowest BCUT2D eigenvalue weighted by molar-refractivity contribution is 0.259. The van der Waals surface area contributed by atoms with E-state index in [0.717, 1.165) is 0 Å². The average Bonchev–Trinajstić information content (AvgIpc) is 2.27. The predicted octanol–water partition coefficient (Wildman–Crippen LogP) is 0.163. The number of nitriles is 1. The molecule has 0 saturated carbocycles. The molecule has 0 amide bonds. The monoisotopic (exact) mass is 240 g/mol. The van der Waals surface area contributed by atoms with Crippen molar-refractivity contribution in [1.82, 2.24) is 4.72 Å². The topological polar surface area (TPSA) is 90.2 Å². The minimum atomic E-state index is -3.66. The highest BCUT2D eigenvalue weighted by Gasteiger charge is 2.18. The van der Waals surface area contributed by atoms with Crippen LogP contribution >= 0.6 is 0 Å². The summed E-state index contributed by atoms with van der Waals surface area (Å²) in [5, 5.41) is 17.4. The maximum Gasteiger partial charge on any atom is 0.225 e. The van der Waals surface area contributed by atoms with Gasteiger partial charge >= 0.3 is 0 Å². The second-order valence-electron chi connectivity index (χ2n) is 3.18. The molecule has 1 rings (SSSR count). The molecular weight excluding hydrogens is 228 g/mol. The Morgan fingerprint density at radius 2 is 2.00 bits per heavy atom. The fraction of sp³-hybridized carbons (Fsp3) is 0.300. The van der Waals surface area contributed by atoms with Gasteiger partial charge in [-0.1, -0.05) is 30.3 Å². The molecule has 6 heteroatoms.